The van der Waals surface area contributed by atoms with E-state index >= 15 is 0 Å². The smallest absolute Gasteiger partial charge is 0.225 e. The van der Waals surface area contributed by atoms with E-state index in [9.17, 15) is 4.79 Å². The molecule has 0 saturated carbocycles. The maximum absolute atomic E-state index is 9.99. The van der Waals surface area contributed by atoms with E-state index in [-0.39, 0.29) is 0 Å². The van der Waals surface area contributed by atoms with Crippen LogP contribution in [0.4, 0.5) is 0 Å². The third-order valence-electron chi connectivity index (χ3n) is 1.50. The topological polar surface area (TPSA) is 17.1 Å². The Hall–Kier alpha value is -1.37. The lowest BCUT2D eigenvalue weighted by atomic mass is 10.1. The summed E-state index contributed by atoms with van der Waals surface area (Å²) >= 11 is 0. The molecule has 0 saturated heterocycles. The number of benzene rings is 1. The molecule has 0 aliphatic heterocycles. The Morgan fingerprint density at radius 1 is 1.36 bits per heavy atom. The second kappa shape index (κ2) is 3.71. The van der Waals surface area contributed by atoms with E-state index in [1.54, 1.807) is 6.29 Å². The van der Waals surface area contributed by atoms with E-state index in [0.29, 0.717) is 0 Å². The SMILES string of the molecule is C/C(=C/[C]=O)c1ccccc1. The van der Waals surface area contributed by atoms with Gasteiger partial charge in [-0.1, -0.05) is 30.3 Å². The van der Waals surface area contributed by atoms with Crippen molar-refractivity contribution < 1.29 is 4.79 Å². The van der Waals surface area contributed by atoms with E-state index in [4.69, 9.17) is 0 Å². The average Bonchev–Trinajstić information content (AvgIpc) is 2.07. The fraction of sp³-hybridized carbons (Fsp3) is 0.100. The maximum atomic E-state index is 9.99. The van der Waals surface area contributed by atoms with Crippen molar-refractivity contribution in [3.8, 4) is 0 Å². The Morgan fingerprint density at radius 3 is 2.55 bits per heavy atom. The largest absolute Gasteiger partial charge is 0.286 e. The predicted octanol–water partition coefficient (Wildman–Crippen LogP) is 2.20. The second-order valence-electron chi connectivity index (χ2n) is 2.31. The summed E-state index contributed by atoms with van der Waals surface area (Å²) < 4.78 is 0. The lowest BCUT2D eigenvalue weighted by Gasteiger charge is -1.96. The molecule has 0 fully saturated rings. The van der Waals surface area contributed by atoms with Crippen LogP contribution in [-0.2, 0) is 4.79 Å². The van der Waals surface area contributed by atoms with Crippen LogP contribution in [0.1, 0.15) is 12.5 Å². The van der Waals surface area contributed by atoms with E-state index in [2.05, 4.69) is 0 Å². The van der Waals surface area contributed by atoms with Crippen LogP contribution in [0, 0.1) is 0 Å². The molecule has 0 unspecified atom stereocenters. The molecule has 0 bridgehead atoms. The second-order valence-corrected chi connectivity index (χ2v) is 2.31. The van der Waals surface area contributed by atoms with Gasteiger partial charge in [0.1, 0.15) is 0 Å². The molecule has 0 N–H and O–H groups in total. The molecule has 0 amide bonds. The quantitative estimate of drug-likeness (QED) is 0.583. The first-order valence-corrected chi connectivity index (χ1v) is 3.44. The van der Waals surface area contributed by atoms with Crippen LogP contribution in [0.5, 0.6) is 0 Å². The molecule has 1 aromatic carbocycles. The normalized spacial score (nSPS) is 11.2. The zero-order valence-corrected chi connectivity index (χ0v) is 6.37. The molecule has 1 radical (unpaired) electrons. The highest BCUT2D eigenvalue weighted by Gasteiger charge is 1.90. The first-order valence-electron chi connectivity index (χ1n) is 3.44. The first-order chi connectivity index (χ1) is 5.34. The summed E-state index contributed by atoms with van der Waals surface area (Å²) in [4.78, 5) is 9.99. The van der Waals surface area contributed by atoms with E-state index in [1.165, 1.54) is 6.08 Å². The number of hydrogen-bond acceptors (Lipinski definition) is 1. The minimum atomic E-state index is 0.945. The summed E-state index contributed by atoms with van der Waals surface area (Å²) in [5, 5.41) is 0. The van der Waals surface area contributed by atoms with Crippen molar-refractivity contribution in [2.45, 2.75) is 6.92 Å². The Kier molecular flexibility index (Phi) is 2.61. The van der Waals surface area contributed by atoms with Crippen LogP contribution in [0.15, 0.2) is 36.4 Å². The summed E-state index contributed by atoms with van der Waals surface area (Å²) in [6, 6.07) is 9.75. The highest BCUT2D eigenvalue weighted by Crippen LogP contribution is 2.10. The van der Waals surface area contributed by atoms with Gasteiger partial charge in [0, 0.05) is 0 Å². The standard InChI is InChI=1S/C10H9O/c1-9(7-8-11)10-5-3-2-4-6-10/h2-7H,1H3/b9-7-. The molecule has 1 rings (SSSR count). The summed E-state index contributed by atoms with van der Waals surface area (Å²) in [5.41, 5.74) is 2.01. The van der Waals surface area contributed by atoms with Gasteiger partial charge in [-0.15, -0.1) is 0 Å². The van der Waals surface area contributed by atoms with Gasteiger partial charge >= 0.3 is 0 Å². The third-order valence-corrected chi connectivity index (χ3v) is 1.50. The van der Waals surface area contributed by atoms with Gasteiger partial charge < -0.3 is 0 Å². The zero-order chi connectivity index (χ0) is 8.10. The van der Waals surface area contributed by atoms with E-state index in [0.717, 1.165) is 11.1 Å². The van der Waals surface area contributed by atoms with Crippen LogP contribution in [-0.4, -0.2) is 6.29 Å². The fourth-order valence-corrected chi connectivity index (χ4v) is 0.873. The lowest BCUT2D eigenvalue weighted by Crippen LogP contribution is -1.77. The molecule has 11 heavy (non-hydrogen) atoms. The van der Waals surface area contributed by atoms with Crippen LogP contribution in [0.25, 0.3) is 5.57 Å². The summed E-state index contributed by atoms with van der Waals surface area (Å²) in [6.45, 7) is 1.89. The molecule has 0 aliphatic rings. The molecule has 1 nitrogen and oxygen atoms in total. The third kappa shape index (κ3) is 2.04. The Morgan fingerprint density at radius 2 is 2.00 bits per heavy atom. The maximum Gasteiger partial charge on any atom is 0.225 e. The zero-order valence-electron chi connectivity index (χ0n) is 6.37. The van der Waals surface area contributed by atoms with Crippen molar-refractivity contribution in [1.29, 1.82) is 0 Å². The number of rotatable bonds is 2. The molecule has 1 aromatic rings. The molecule has 0 aliphatic carbocycles. The van der Waals surface area contributed by atoms with Crippen LogP contribution in [0.3, 0.4) is 0 Å². The fourth-order valence-electron chi connectivity index (χ4n) is 0.873. The van der Waals surface area contributed by atoms with Gasteiger partial charge in [0.25, 0.3) is 0 Å². The van der Waals surface area contributed by atoms with Gasteiger partial charge in [-0.3, -0.25) is 4.79 Å². The van der Waals surface area contributed by atoms with Crippen LogP contribution in [0.2, 0.25) is 0 Å². The first kappa shape index (κ1) is 7.73. The van der Waals surface area contributed by atoms with Crippen molar-refractivity contribution in [1.82, 2.24) is 0 Å². The number of hydrogen-bond donors (Lipinski definition) is 0. The highest BCUT2D eigenvalue weighted by atomic mass is 16.1. The van der Waals surface area contributed by atoms with Crippen LogP contribution < -0.4 is 0 Å². The van der Waals surface area contributed by atoms with Crippen molar-refractivity contribution in [3.05, 3.63) is 42.0 Å². The molecule has 55 valence electrons. The average molecular weight is 145 g/mol. The lowest BCUT2D eigenvalue weighted by molar-refractivity contribution is 0.564. The summed E-state index contributed by atoms with van der Waals surface area (Å²) in [5.74, 6) is 0. The molecule has 0 spiro atoms. The molecular weight excluding hydrogens is 136 g/mol. The molecule has 0 atom stereocenters. The van der Waals surface area contributed by atoms with Crippen molar-refractivity contribution in [3.63, 3.8) is 0 Å². The monoisotopic (exact) mass is 145 g/mol. The molecule has 1 heteroatoms. The van der Waals surface area contributed by atoms with E-state index < -0.39 is 0 Å². The Balaban J connectivity index is 2.94. The van der Waals surface area contributed by atoms with Crippen molar-refractivity contribution >= 4 is 11.9 Å². The minimum Gasteiger partial charge on any atom is -0.286 e. The van der Waals surface area contributed by atoms with Gasteiger partial charge in [0.2, 0.25) is 6.29 Å². The van der Waals surface area contributed by atoms with E-state index in [1.807, 2.05) is 37.3 Å². The predicted molar refractivity (Wildman–Crippen MR) is 45.8 cm³/mol. The Labute approximate surface area is 66.4 Å². The van der Waals surface area contributed by atoms with Gasteiger partial charge in [0.15, 0.2) is 0 Å². The molecule has 0 heterocycles. The number of allylic oxidation sites excluding steroid dienone is 2. The molecular formula is C10H9O. The summed E-state index contributed by atoms with van der Waals surface area (Å²) in [7, 11) is 0. The molecule has 0 aromatic heterocycles. The van der Waals surface area contributed by atoms with Gasteiger partial charge in [0.05, 0.1) is 0 Å². The number of carbonyl (C=O) groups excluding carboxylic acids is 1. The van der Waals surface area contributed by atoms with Crippen LogP contribution >= 0.6 is 0 Å². The van der Waals surface area contributed by atoms with Gasteiger partial charge in [-0.05, 0) is 24.1 Å². The summed E-state index contributed by atoms with van der Waals surface area (Å²) in [6.07, 6.45) is 3.19. The van der Waals surface area contributed by atoms with Gasteiger partial charge in [-0.2, -0.15) is 0 Å². The van der Waals surface area contributed by atoms with Crippen molar-refractivity contribution in [2.75, 3.05) is 0 Å². The minimum absolute atomic E-state index is 0.945. The van der Waals surface area contributed by atoms with Gasteiger partial charge in [-0.25, -0.2) is 0 Å². The Bertz CT molecular complexity index is 259. The van der Waals surface area contributed by atoms with Crippen molar-refractivity contribution in [2.24, 2.45) is 0 Å². The highest BCUT2D eigenvalue weighted by molar-refractivity contribution is 5.80.